The zero-order valence-corrected chi connectivity index (χ0v) is 9.90. The Morgan fingerprint density at radius 1 is 1.59 bits per heavy atom. The molecule has 2 N–H and O–H groups in total. The van der Waals surface area contributed by atoms with Gasteiger partial charge in [-0.3, -0.25) is 0 Å². The lowest BCUT2D eigenvalue weighted by molar-refractivity contribution is -0.139. The summed E-state index contributed by atoms with van der Waals surface area (Å²) in [7, 11) is 1.95. The smallest absolute Gasteiger partial charge is 0.341 e. The molecule has 2 rings (SSSR count). The van der Waals surface area contributed by atoms with Gasteiger partial charge in [-0.25, -0.2) is 4.79 Å². The van der Waals surface area contributed by atoms with Gasteiger partial charge in [-0.15, -0.1) is 0 Å². The molecule has 1 aliphatic rings. The average Bonchev–Trinajstić information content (AvgIpc) is 2.35. The molecule has 0 aliphatic heterocycles. The first-order chi connectivity index (χ1) is 8.22. The lowest BCUT2D eigenvalue weighted by Gasteiger charge is -2.26. The molecule has 0 bridgehead atoms. The van der Waals surface area contributed by atoms with Crippen molar-refractivity contribution in [3.63, 3.8) is 0 Å². The monoisotopic (exact) mass is 235 g/mol. The molecule has 0 heterocycles. The van der Waals surface area contributed by atoms with E-state index in [1.807, 2.05) is 19.2 Å². The molecule has 92 valence electrons. The van der Waals surface area contributed by atoms with Crippen molar-refractivity contribution in [1.29, 1.82) is 0 Å². The molecule has 1 aromatic rings. The van der Waals surface area contributed by atoms with E-state index in [1.165, 1.54) is 5.56 Å². The lowest BCUT2D eigenvalue weighted by atomic mass is 9.87. The Balaban J connectivity index is 2.26. The van der Waals surface area contributed by atoms with Crippen LogP contribution in [0, 0.1) is 0 Å². The lowest BCUT2D eigenvalue weighted by Crippen LogP contribution is -2.22. The molecule has 0 fully saturated rings. The molecule has 0 aromatic heterocycles. The van der Waals surface area contributed by atoms with Crippen LogP contribution in [0.3, 0.4) is 0 Å². The highest BCUT2D eigenvalue weighted by atomic mass is 16.5. The summed E-state index contributed by atoms with van der Waals surface area (Å²) in [5.74, 6) is -0.228. The van der Waals surface area contributed by atoms with Gasteiger partial charge in [-0.1, -0.05) is 12.1 Å². The zero-order valence-electron chi connectivity index (χ0n) is 9.90. The van der Waals surface area contributed by atoms with Gasteiger partial charge in [0, 0.05) is 6.04 Å². The van der Waals surface area contributed by atoms with Crippen molar-refractivity contribution in [2.75, 3.05) is 13.7 Å². The van der Waals surface area contributed by atoms with Crippen molar-refractivity contribution in [2.45, 2.75) is 25.3 Å². The van der Waals surface area contributed by atoms with E-state index in [0.717, 1.165) is 24.8 Å². The highest BCUT2D eigenvalue weighted by molar-refractivity contribution is 5.68. The maximum Gasteiger partial charge on any atom is 0.341 e. The third-order valence-corrected chi connectivity index (χ3v) is 3.16. The highest BCUT2D eigenvalue weighted by Gasteiger charge is 2.21. The van der Waals surface area contributed by atoms with E-state index < -0.39 is 5.97 Å². The van der Waals surface area contributed by atoms with Crippen molar-refractivity contribution in [2.24, 2.45) is 0 Å². The van der Waals surface area contributed by atoms with E-state index in [9.17, 15) is 4.79 Å². The van der Waals surface area contributed by atoms with Crippen LogP contribution < -0.4 is 10.1 Å². The van der Waals surface area contributed by atoms with Crippen molar-refractivity contribution in [3.05, 3.63) is 29.3 Å². The molecule has 0 unspecified atom stereocenters. The van der Waals surface area contributed by atoms with Crippen LogP contribution in [0.15, 0.2) is 18.2 Å². The summed E-state index contributed by atoms with van der Waals surface area (Å²) in [6.07, 6.45) is 3.18. The number of carboxylic acid groups (broad SMARTS) is 1. The molecule has 0 saturated carbocycles. The number of fused-ring (bicyclic) bond motifs is 1. The first-order valence-electron chi connectivity index (χ1n) is 5.86. The first kappa shape index (κ1) is 11.9. The van der Waals surface area contributed by atoms with Gasteiger partial charge in [-0.05, 0) is 43.5 Å². The van der Waals surface area contributed by atoms with Gasteiger partial charge < -0.3 is 15.2 Å². The van der Waals surface area contributed by atoms with Crippen molar-refractivity contribution >= 4 is 5.97 Å². The van der Waals surface area contributed by atoms with Gasteiger partial charge >= 0.3 is 5.97 Å². The van der Waals surface area contributed by atoms with Crippen LogP contribution in [-0.4, -0.2) is 24.7 Å². The molecule has 17 heavy (non-hydrogen) atoms. The Morgan fingerprint density at radius 2 is 2.41 bits per heavy atom. The second kappa shape index (κ2) is 5.19. The average molecular weight is 235 g/mol. The molecule has 0 amide bonds. The zero-order chi connectivity index (χ0) is 12.3. The fourth-order valence-electron chi connectivity index (χ4n) is 2.39. The maximum absolute atomic E-state index is 10.5. The number of carbonyl (C=O) groups is 1. The molecule has 4 heteroatoms. The Hall–Kier alpha value is -1.55. The summed E-state index contributed by atoms with van der Waals surface area (Å²) in [6.45, 7) is -0.277. The molecule has 0 spiro atoms. The fraction of sp³-hybridized carbons (Fsp3) is 0.462. The normalized spacial score (nSPS) is 18.5. The Labute approximate surface area is 101 Å². The Kier molecular flexibility index (Phi) is 3.64. The number of benzene rings is 1. The standard InChI is InChI=1S/C13H17NO3/c1-14-11-6-2-5-10-9(11)4-3-7-12(10)17-8-13(15)16/h3-4,7,11,14H,2,5-6,8H2,1H3,(H,15,16)/t11-/m1/s1. The third kappa shape index (κ3) is 2.58. The Bertz CT molecular complexity index is 417. The first-order valence-corrected chi connectivity index (χ1v) is 5.86. The molecule has 1 atom stereocenters. The van der Waals surface area contributed by atoms with Crippen molar-refractivity contribution < 1.29 is 14.6 Å². The van der Waals surface area contributed by atoms with Crippen LogP contribution in [0.4, 0.5) is 0 Å². The molecule has 1 aliphatic carbocycles. The number of hydrogen-bond acceptors (Lipinski definition) is 3. The molecule has 0 saturated heterocycles. The molecule has 1 aromatic carbocycles. The predicted octanol–water partition coefficient (Wildman–Crippen LogP) is 1.75. The van der Waals surface area contributed by atoms with Gasteiger partial charge in [0.15, 0.2) is 6.61 Å². The number of ether oxygens (including phenoxy) is 1. The highest BCUT2D eigenvalue weighted by Crippen LogP contribution is 2.34. The second-order valence-electron chi connectivity index (χ2n) is 4.24. The minimum atomic E-state index is -0.941. The third-order valence-electron chi connectivity index (χ3n) is 3.16. The maximum atomic E-state index is 10.5. The van der Waals surface area contributed by atoms with Crippen molar-refractivity contribution in [3.8, 4) is 5.75 Å². The van der Waals surface area contributed by atoms with E-state index in [4.69, 9.17) is 9.84 Å². The van der Waals surface area contributed by atoms with Crippen LogP contribution in [0.5, 0.6) is 5.75 Å². The fourth-order valence-corrected chi connectivity index (χ4v) is 2.39. The van der Waals surface area contributed by atoms with Crippen LogP contribution in [0.1, 0.15) is 30.0 Å². The number of nitrogens with one attached hydrogen (secondary N) is 1. The summed E-state index contributed by atoms with van der Waals surface area (Å²) in [6, 6.07) is 6.21. The van der Waals surface area contributed by atoms with Crippen LogP contribution in [0.2, 0.25) is 0 Å². The quantitative estimate of drug-likeness (QED) is 0.834. The van der Waals surface area contributed by atoms with E-state index in [-0.39, 0.29) is 6.61 Å². The molecule has 0 radical (unpaired) electrons. The second-order valence-corrected chi connectivity index (χ2v) is 4.24. The van der Waals surface area contributed by atoms with E-state index in [0.29, 0.717) is 11.8 Å². The van der Waals surface area contributed by atoms with Gasteiger partial charge in [0.05, 0.1) is 0 Å². The number of hydrogen-bond donors (Lipinski definition) is 2. The van der Waals surface area contributed by atoms with Crippen LogP contribution in [0.25, 0.3) is 0 Å². The summed E-state index contributed by atoms with van der Waals surface area (Å²) in [5, 5.41) is 11.9. The molecule has 4 nitrogen and oxygen atoms in total. The summed E-state index contributed by atoms with van der Waals surface area (Å²) >= 11 is 0. The molecular weight excluding hydrogens is 218 g/mol. The largest absolute Gasteiger partial charge is 0.482 e. The van der Waals surface area contributed by atoms with Crippen LogP contribution >= 0.6 is 0 Å². The van der Waals surface area contributed by atoms with E-state index in [1.54, 1.807) is 0 Å². The number of carboxylic acids is 1. The van der Waals surface area contributed by atoms with Gasteiger partial charge in [-0.2, -0.15) is 0 Å². The molecular formula is C13H17NO3. The van der Waals surface area contributed by atoms with E-state index >= 15 is 0 Å². The van der Waals surface area contributed by atoms with E-state index in [2.05, 4.69) is 11.4 Å². The van der Waals surface area contributed by atoms with Gasteiger partial charge in [0.1, 0.15) is 5.75 Å². The minimum absolute atomic E-state index is 0.277. The van der Waals surface area contributed by atoms with Gasteiger partial charge in [0.2, 0.25) is 0 Å². The number of aliphatic carboxylic acids is 1. The summed E-state index contributed by atoms with van der Waals surface area (Å²) in [4.78, 5) is 10.5. The SMILES string of the molecule is CN[C@@H]1CCCc2c(OCC(=O)O)cccc21. The Morgan fingerprint density at radius 3 is 3.12 bits per heavy atom. The predicted molar refractivity (Wildman–Crippen MR) is 64.3 cm³/mol. The minimum Gasteiger partial charge on any atom is -0.482 e. The summed E-state index contributed by atoms with van der Waals surface area (Å²) in [5.41, 5.74) is 2.39. The topological polar surface area (TPSA) is 58.6 Å². The van der Waals surface area contributed by atoms with Gasteiger partial charge in [0.25, 0.3) is 0 Å². The summed E-state index contributed by atoms with van der Waals surface area (Å²) < 4.78 is 5.33. The van der Waals surface area contributed by atoms with Crippen molar-refractivity contribution in [1.82, 2.24) is 5.32 Å². The van der Waals surface area contributed by atoms with Crippen LogP contribution in [-0.2, 0) is 11.2 Å². The number of rotatable bonds is 4.